The van der Waals surface area contributed by atoms with Crippen molar-refractivity contribution in [3.05, 3.63) is 29.6 Å². The Balaban J connectivity index is 2.52. The Morgan fingerprint density at radius 3 is 2.69 bits per heavy atom. The van der Waals surface area contributed by atoms with Gasteiger partial charge in [0.15, 0.2) is 0 Å². The smallest absolute Gasteiger partial charge is 0.216 e. The molecule has 16 heavy (non-hydrogen) atoms. The molecular formula is C9H5N7. The first-order valence-corrected chi connectivity index (χ1v) is 4.31. The molecule has 0 spiro atoms. The number of hydrogen-bond acceptors (Lipinski definition) is 6. The van der Waals surface area contributed by atoms with Crippen LogP contribution in [0.25, 0.3) is 5.95 Å². The fourth-order valence-corrected chi connectivity index (χ4v) is 1.12. The lowest BCUT2D eigenvalue weighted by Crippen LogP contribution is -2.04. The van der Waals surface area contributed by atoms with Crippen molar-refractivity contribution < 1.29 is 0 Å². The van der Waals surface area contributed by atoms with Crippen molar-refractivity contribution >= 4 is 0 Å². The first kappa shape index (κ1) is 9.74. The molecule has 2 aromatic rings. The van der Waals surface area contributed by atoms with Gasteiger partial charge in [-0.3, -0.25) is 0 Å². The Labute approximate surface area is 90.6 Å². The second-order valence-corrected chi connectivity index (χ2v) is 2.93. The molecule has 0 bridgehead atoms. The molecule has 2 rings (SSSR count). The summed E-state index contributed by atoms with van der Waals surface area (Å²) in [7, 11) is 0. The van der Waals surface area contributed by atoms with Crippen molar-refractivity contribution in [1.82, 2.24) is 24.7 Å². The average molecular weight is 211 g/mol. The fourth-order valence-electron chi connectivity index (χ4n) is 1.12. The van der Waals surface area contributed by atoms with E-state index >= 15 is 0 Å². The Hall–Kier alpha value is -2.80. The summed E-state index contributed by atoms with van der Waals surface area (Å²) in [6.07, 6.45) is 1.33. The molecule has 7 heteroatoms. The van der Waals surface area contributed by atoms with Crippen molar-refractivity contribution in [2.45, 2.75) is 6.92 Å². The van der Waals surface area contributed by atoms with Gasteiger partial charge in [-0.2, -0.15) is 15.2 Å². The molecule has 0 N–H and O–H groups in total. The third-order valence-corrected chi connectivity index (χ3v) is 1.75. The maximum atomic E-state index is 8.75. The number of aromatic nitrogens is 5. The SMILES string of the molecule is Cc1cc(C#N)nc(-n2cnc(C#N)n2)n1. The van der Waals surface area contributed by atoms with Gasteiger partial charge in [0.2, 0.25) is 0 Å². The van der Waals surface area contributed by atoms with E-state index in [0.717, 1.165) is 0 Å². The summed E-state index contributed by atoms with van der Waals surface area (Å²) in [5.74, 6) is 0.258. The minimum atomic E-state index is 0.0311. The number of hydrogen-bond donors (Lipinski definition) is 0. The molecule has 7 nitrogen and oxygen atoms in total. The Bertz CT molecular complexity index is 614. The molecule has 0 atom stereocenters. The maximum Gasteiger partial charge on any atom is 0.253 e. The molecule has 0 unspecified atom stereocenters. The quantitative estimate of drug-likeness (QED) is 0.662. The van der Waals surface area contributed by atoms with E-state index in [9.17, 15) is 0 Å². The number of nitriles is 2. The monoisotopic (exact) mass is 211 g/mol. The van der Waals surface area contributed by atoms with Gasteiger partial charge in [-0.1, -0.05) is 0 Å². The Kier molecular flexibility index (Phi) is 2.28. The maximum absolute atomic E-state index is 8.75. The first-order valence-electron chi connectivity index (χ1n) is 4.31. The summed E-state index contributed by atoms with van der Waals surface area (Å²) in [6, 6.07) is 5.28. The molecule has 0 aliphatic rings. The first-order chi connectivity index (χ1) is 7.72. The molecule has 0 aromatic carbocycles. The van der Waals surface area contributed by atoms with Gasteiger partial charge < -0.3 is 0 Å². The zero-order chi connectivity index (χ0) is 11.5. The van der Waals surface area contributed by atoms with E-state index in [1.54, 1.807) is 19.1 Å². The molecule has 0 radical (unpaired) electrons. The summed E-state index contributed by atoms with van der Waals surface area (Å²) < 4.78 is 1.26. The number of aryl methyl sites for hydroxylation is 1. The van der Waals surface area contributed by atoms with Crippen molar-refractivity contribution in [2.24, 2.45) is 0 Å². The van der Waals surface area contributed by atoms with E-state index in [1.807, 2.05) is 6.07 Å². The third kappa shape index (κ3) is 1.70. The highest BCUT2D eigenvalue weighted by atomic mass is 15.4. The summed E-state index contributed by atoms with van der Waals surface area (Å²) in [5, 5.41) is 21.1. The van der Waals surface area contributed by atoms with E-state index in [4.69, 9.17) is 10.5 Å². The van der Waals surface area contributed by atoms with E-state index in [-0.39, 0.29) is 17.5 Å². The van der Waals surface area contributed by atoms with Crippen LogP contribution in [0.3, 0.4) is 0 Å². The van der Waals surface area contributed by atoms with E-state index in [2.05, 4.69) is 20.1 Å². The van der Waals surface area contributed by atoms with Crippen LogP contribution in [0, 0.1) is 29.6 Å². The van der Waals surface area contributed by atoms with Gasteiger partial charge in [-0.25, -0.2) is 15.0 Å². The molecule has 0 saturated carbocycles. The van der Waals surface area contributed by atoms with Crippen LogP contribution < -0.4 is 0 Å². The molecule has 2 aromatic heterocycles. The fraction of sp³-hybridized carbons (Fsp3) is 0.111. The molecular weight excluding hydrogens is 206 g/mol. The van der Waals surface area contributed by atoms with Crippen molar-refractivity contribution in [3.63, 3.8) is 0 Å². The van der Waals surface area contributed by atoms with Gasteiger partial charge in [0.25, 0.3) is 11.8 Å². The summed E-state index contributed by atoms with van der Waals surface area (Å²) in [5.41, 5.74) is 0.895. The Morgan fingerprint density at radius 1 is 1.25 bits per heavy atom. The van der Waals surface area contributed by atoms with Gasteiger partial charge in [-0.15, -0.1) is 5.10 Å². The largest absolute Gasteiger partial charge is 0.253 e. The van der Waals surface area contributed by atoms with Gasteiger partial charge in [-0.05, 0) is 13.0 Å². The lowest BCUT2D eigenvalue weighted by molar-refractivity contribution is 0.793. The van der Waals surface area contributed by atoms with E-state index < -0.39 is 0 Å². The van der Waals surface area contributed by atoms with Gasteiger partial charge in [0.05, 0.1) is 0 Å². The van der Waals surface area contributed by atoms with Crippen LogP contribution in [0.15, 0.2) is 12.4 Å². The van der Waals surface area contributed by atoms with Gasteiger partial charge >= 0.3 is 0 Å². The zero-order valence-corrected chi connectivity index (χ0v) is 8.29. The zero-order valence-electron chi connectivity index (χ0n) is 8.29. The lowest BCUT2D eigenvalue weighted by atomic mass is 10.3. The van der Waals surface area contributed by atoms with Gasteiger partial charge in [0, 0.05) is 5.69 Å². The van der Waals surface area contributed by atoms with Crippen LogP contribution in [0.4, 0.5) is 0 Å². The molecule has 0 amide bonds. The normalized spacial score (nSPS) is 9.44. The predicted octanol–water partition coefficient (Wildman–Crippen LogP) is 0.109. The van der Waals surface area contributed by atoms with E-state index in [1.165, 1.54) is 11.0 Å². The number of nitrogens with zero attached hydrogens (tertiary/aromatic N) is 7. The second-order valence-electron chi connectivity index (χ2n) is 2.93. The Morgan fingerprint density at radius 2 is 2.06 bits per heavy atom. The molecule has 0 fully saturated rings. The van der Waals surface area contributed by atoms with Crippen molar-refractivity contribution in [3.8, 4) is 18.1 Å². The van der Waals surface area contributed by atoms with Crippen LogP contribution >= 0.6 is 0 Å². The topological polar surface area (TPSA) is 104 Å². The minimum Gasteiger partial charge on any atom is -0.216 e. The standard InChI is InChI=1S/C9H5N7/c1-6-2-7(3-10)14-9(13-6)16-5-12-8(4-11)15-16/h2,5H,1H3. The highest BCUT2D eigenvalue weighted by molar-refractivity contribution is 5.26. The summed E-state index contributed by atoms with van der Waals surface area (Å²) in [4.78, 5) is 11.8. The molecule has 2 heterocycles. The summed E-state index contributed by atoms with van der Waals surface area (Å²) in [6.45, 7) is 1.74. The van der Waals surface area contributed by atoms with Gasteiger partial charge in [0.1, 0.15) is 24.2 Å². The second kappa shape index (κ2) is 3.75. The molecule has 0 aliphatic carbocycles. The van der Waals surface area contributed by atoms with Crippen LogP contribution in [-0.4, -0.2) is 24.7 Å². The predicted molar refractivity (Wildman–Crippen MR) is 51.1 cm³/mol. The van der Waals surface area contributed by atoms with Crippen LogP contribution in [0.5, 0.6) is 0 Å². The van der Waals surface area contributed by atoms with Crippen molar-refractivity contribution in [1.29, 1.82) is 10.5 Å². The molecule has 0 aliphatic heterocycles. The summed E-state index contributed by atoms with van der Waals surface area (Å²) >= 11 is 0. The minimum absolute atomic E-state index is 0.0311. The highest BCUT2D eigenvalue weighted by Gasteiger charge is 2.06. The molecule has 0 saturated heterocycles. The number of rotatable bonds is 1. The third-order valence-electron chi connectivity index (χ3n) is 1.75. The van der Waals surface area contributed by atoms with Crippen LogP contribution in [0.1, 0.15) is 17.2 Å². The van der Waals surface area contributed by atoms with E-state index in [0.29, 0.717) is 5.69 Å². The highest BCUT2D eigenvalue weighted by Crippen LogP contribution is 2.03. The molecule has 76 valence electrons. The van der Waals surface area contributed by atoms with Crippen LogP contribution in [0.2, 0.25) is 0 Å². The van der Waals surface area contributed by atoms with Crippen molar-refractivity contribution in [2.75, 3.05) is 0 Å². The average Bonchev–Trinajstić information content (AvgIpc) is 2.76. The van der Waals surface area contributed by atoms with Crippen LogP contribution in [-0.2, 0) is 0 Å². The lowest BCUT2D eigenvalue weighted by Gasteiger charge is -1.99.